The molecule has 7 nitrogen and oxygen atoms in total. The number of likely N-dealkylation sites (tertiary alicyclic amines) is 1. The van der Waals surface area contributed by atoms with Crippen LogP contribution in [0.25, 0.3) is 0 Å². The average Bonchev–Trinajstić information content (AvgIpc) is 3.46. The van der Waals surface area contributed by atoms with E-state index >= 15 is 0 Å². The Morgan fingerprint density at radius 1 is 0.966 bits per heavy atom. The highest BCUT2D eigenvalue weighted by Gasteiger charge is 2.27. The van der Waals surface area contributed by atoms with E-state index in [1.807, 2.05) is 18.5 Å². The Labute approximate surface area is 175 Å². The fourth-order valence-electron chi connectivity index (χ4n) is 5.18. The Bertz CT molecular complexity index is 671. The fourth-order valence-corrected chi connectivity index (χ4v) is 5.18. The van der Waals surface area contributed by atoms with Gasteiger partial charge in [-0.1, -0.05) is 32.1 Å². The number of aryl methyl sites for hydroxylation is 1. The van der Waals surface area contributed by atoms with Crippen molar-refractivity contribution < 1.29 is 0 Å². The van der Waals surface area contributed by atoms with Crippen molar-refractivity contribution in [1.29, 1.82) is 0 Å². The van der Waals surface area contributed by atoms with Crippen LogP contribution in [0.5, 0.6) is 0 Å². The monoisotopic (exact) mass is 401 g/mol. The van der Waals surface area contributed by atoms with Crippen LogP contribution in [0.2, 0.25) is 0 Å². The topological polar surface area (TPSA) is 70.4 Å². The van der Waals surface area contributed by atoms with E-state index in [0.717, 1.165) is 30.1 Å². The summed E-state index contributed by atoms with van der Waals surface area (Å²) < 4.78 is 2.03. The summed E-state index contributed by atoms with van der Waals surface area (Å²) in [6.07, 6.45) is 13.5. The van der Waals surface area contributed by atoms with Crippen molar-refractivity contribution in [3.8, 4) is 0 Å². The molecule has 0 radical (unpaired) electrons. The first-order valence-corrected chi connectivity index (χ1v) is 11.8. The van der Waals surface area contributed by atoms with E-state index in [1.54, 1.807) is 0 Å². The largest absolute Gasteiger partial charge is 0.354 e. The molecule has 2 heterocycles. The Morgan fingerprint density at radius 2 is 1.69 bits per heavy atom. The number of hydrogen-bond donors (Lipinski definition) is 2. The maximum absolute atomic E-state index is 4.91. The standard InChI is InChI=1S/C22H39N7/c1-17-26-27-21(28(17)2)14-23-22(24-19-10-4-3-5-11-19)25-20-12-13-29(16-20)15-18-8-6-7-9-18/h18-20H,3-16H2,1-2H3,(H2,23,24,25). The van der Waals surface area contributed by atoms with Crippen LogP contribution in [0.1, 0.15) is 75.9 Å². The van der Waals surface area contributed by atoms with Gasteiger partial charge in [-0.05, 0) is 44.9 Å². The molecule has 2 saturated carbocycles. The van der Waals surface area contributed by atoms with Crippen molar-refractivity contribution in [2.75, 3.05) is 19.6 Å². The molecule has 3 fully saturated rings. The summed E-state index contributed by atoms with van der Waals surface area (Å²) in [5.74, 6) is 3.75. The molecular formula is C22H39N7. The van der Waals surface area contributed by atoms with Gasteiger partial charge in [0, 0.05) is 38.8 Å². The summed E-state index contributed by atoms with van der Waals surface area (Å²) in [7, 11) is 2.01. The molecule has 162 valence electrons. The second-order valence-corrected chi connectivity index (χ2v) is 9.41. The van der Waals surface area contributed by atoms with Crippen molar-refractivity contribution >= 4 is 5.96 Å². The van der Waals surface area contributed by atoms with Crippen molar-refractivity contribution in [2.45, 2.75) is 89.8 Å². The molecule has 2 N–H and O–H groups in total. The summed E-state index contributed by atoms with van der Waals surface area (Å²) in [6.45, 7) is 6.20. The summed E-state index contributed by atoms with van der Waals surface area (Å²) in [6, 6.07) is 1.04. The Kier molecular flexibility index (Phi) is 7.06. The number of aliphatic imine (C=N–C) groups is 1. The lowest BCUT2D eigenvalue weighted by Gasteiger charge is -2.27. The number of nitrogens with one attached hydrogen (secondary N) is 2. The van der Waals surface area contributed by atoms with Crippen LogP contribution in [0, 0.1) is 12.8 Å². The number of aromatic nitrogens is 3. The molecule has 0 spiro atoms. The first kappa shape index (κ1) is 20.6. The molecule has 1 atom stereocenters. The minimum absolute atomic E-state index is 0.493. The lowest BCUT2D eigenvalue weighted by atomic mass is 9.96. The number of hydrogen-bond acceptors (Lipinski definition) is 4. The quantitative estimate of drug-likeness (QED) is 0.567. The minimum Gasteiger partial charge on any atom is -0.354 e. The lowest BCUT2D eigenvalue weighted by Crippen LogP contribution is -2.48. The molecule has 1 aromatic heterocycles. The van der Waals surface area contributed by atoms with Crippen molar-refractivity contribution in [3.05, 3.63) is 11.6 Å². The Balaban J connectivity index is 1.35. The molecule has 1 aliphatic heterocycles. The normalized spacial score (nSPS) is 25.0. The summed E-state index contributed by atoms with van der Waals surface area (Å²) in [5, 5.41) is 15.9. The highest BCUT2D eigenvalue weighted by atomic mass is 15.3. The van der Waals surface area contributed by atoms with E-state index in [4.69, 9.17) is 4.99 Å². The van der Waals surface area contributed by atoms with Gasteiger partial charge in [0.05, 0.1) is 0 Å². The van der Waals surface area contributed by atoms with Crippen LogP contribution < -0.4 is 10.6 Å². The van der Waals surface area contributed by atoms with Crippen LogP contribution in [-0.4, -0.2) is 57.3 Å². The predicted molar refractivity (Wildman–Crippen MR) is 117 cm³/mol. The van der Waals surface area contributed by atoms with Crippen LogP contribution in [-0.2, 0) is 13.6 Å². The smallest absolute Gasteiger partial charge is 0.192 e. The SMILES string of the molecule is Cc1nnc(CN=C(NC2CCCCC2)NC2CCN(CC3CCCC3)C2)n1C. The molecule has 1 saturated heterocycles. The molecule has 3 aliphatic rings. The van der Waals surface area contributed by atoms with E-state index in [0.29, 0.717) is 18.6 Å². The van der Waals surface area contributed by atoms with Gasteiger partial charge < -0.3 is 20.1 Å². The average molecular weight is 402 g/mol. The highest BCUT2D eigenvalue weighted by Crippen LogP contribution is 2.26. The Morgan fingerprint density at radius 3 is 2.41 bits per heavy atom. The number of guanidine groups is 1. The first-order chi connectivity index (χ1) is 14.2. The zero-order chi connectivity index (χ0) is 20.1. The maximum atomic E-state index is 4.91. The highest BCUT2D eigenvalue weighted by molar-refractivity contribution is 5.80. The predicted octanol–water partition coefficient (Wildman–Crippen LogP) is 2.76. The third-order valence-corrected chi connectivity index (χ3v) is 7.11. The third-order valence-electron chi connectivity index (χ3n) is 7.11. The Hall–Kier alpha value is -1.63. The maximum Gasteiger partial charge on any atom is 0.192 e. The molecule has 0 bridgehead atoms. The zero-order valence-corrected chi connectivity index (χ0v) is 18.4. The van der Waals surface area contributed by atoms with Gasteiger partial charge in [-0.15, -0.1) is 10.2 Å². The molecular weight excluding hydrogens is 362 g/mol. The van der Waals surface area contributed by atoms with Gasteiger partial charge in [0.15, 0.2) is 11.8 Å². The molecule has 4 rings (SSSR count). The minimum atomic E-state index is 0.493. The third kappa shape index (κ3) is 5.71. The van der Waals surface area contributed by atoms with E-state index < -0.39 is 0 Å². The first-order valence-electron chi connectivity index (χ1n) is 11.8. The fraction of sp³-hybridized carbons (Fsp3) is 0.864. The number of rotatable bonds is 6. The molecule has 29 heavy (non-hydrogen) atoms. The van der Waals surface area contributed by atoms with Gasteiger partial charge >= 0.3 is 0 Å². The van der Waals surface area contributed by atoms with E-state index in [9.17, 15) is 0 Å². The summed E-state index contributed by atoms with van der Waals surface area (Å²) >= 11 is 0. The zero-order valence-electron chi connectivity index (χ0n) is 18.4. The van der Waals surface area contributed by atoms with Crippen LogP contribution >= 0.6 is 0 Å². The molecule has 0 amide bonds. The van der Waals surface area contributed by atoms with Crippen molar-refractivity contribution in [2.24, 2.45) is 18.0 Å². The van der Waals surface area contributed by atoms with E-state index in [-0.39, 0.29) is 0 Å². The molecule has 1 unspecified atom stereocenters. The number of nitrogens with zero attached hydrogens (tertiary/aromatic N) is 5. The second kappa shape index (κ2) is 9.92. The van der Waals surface area contributed by atoms with Crippen LogP contribution in [0.15, 0.2) is 4.99 Å². The molecule has 1 aromatic rings. The van der Waals surface area contributed by atoms with Crippen LogP contribution in [0.4, 0.5) is 0 Å². The lowest BCUT2D eigenvalue weighted by molar-refractivity contribution is 0.275. The summed E-state index contributed by atoms with van der Waals surface area (Å²) in [4.78, 5) is 7.57. The molecule has 0 aromatic carbocycles. The van der Waals surface area contributed by atoms with Crippen molar-refractivity contribution in [3.63, 3.8) is 0 Å². The van der Waals surface area contributed by atoms with Gasteiger partial charge in [0.1, 0.15) is 12.4 Å². The molecule has 7 heteroatoms. The summed E-state index contributed by atoms with van der Waals surface area (Å²) in [5.41, 5.74) is 0. The van der Waals surface area contributed by atoms with Crippen LogP contribution in [0.3, 0.4) is 0 Å². The van der Waals surface area contributed by atoms with E-state index in [2.05, 4.69) is 25.7 Å². The van der Waals surface area contributed by atoms with Gasteiger partial charge in [-0.3, -0.25) is 0 Å². The molecule has 2 aliphatic carbocycles. The van der Waals surface area contributed by atoms with E-state index in [1.165, 1.54) is 77.3 Å². The van der Waals surface area contributed by atoms with Gasteiger partial charge in [-0.25, -0.2) is 4.99 Å². The van der Waals surface area contributed by atoms with Gasteiger partial charge in [-0.2, -0.15) is 0 Å². The van der Waals surface area contributed by atoms with Gasteiger partial charge in [0.2, 0.25) is 0 Å². The van der Waals surface area contributed by atoms with Gasteiger partial charge in [0.25, 0.3) is 0 Å². The van der Waals surface area contributed by atoms with Crippen molar-refractivity contribution in [1.82, 2.24) is 30.3 Å². The second-order valence-electron chi connectivity index (χ2n) is 9.41.